The molecule has 2 saturated heterocycles. The highest BCUT2D eigenvalue weighted by molar-refractivity contribution is 6.30. The van der Waals surface area contributed by atoms with Crippen molar-refractivity contribution in [2.75, 3.05) is 54.5 Å². The van der Waals surface area contributed by atoms with Crippen molar-refractivity contribution < 1.29 is 4.74 Å². The minimum Gasteiger partial charge on any atom is -0.378 e. The van der Waals surface area contributed by atoms with E-state index in [-0.39, 0.29) is 0 Å². The minimum atomic E-state index is 0.303. The molecule has 0 aromatic carbocycles. The van der Waals surface area contributed by atoms with Crippen molar-refractivity contribution in [3.8, 4) is 0 Å². The number of pyridine rings is 1. The second-order valence-electron chi connectivity index (χ2n) is 6.25. The van der Waals surface area contributed by atoms with Crippen molar-refractivity contribution in [2.24, 2.45) is 0 Å². The molecule has 2 fully saturated rings. The van der Waals surface area contributed by atoms with Gasteiger partial charge in [0.25, 0.3) is 0 Å². The normalized spacial score (nSPS) is 20.8. The van der Waals surface area contributed by atoms with E-state index >= 15 is 0 Å². The molecule has 0 saturated carbocycles. The Hall–Kier alpha value is -2.12. The minimum absolute atomic E-state index is 0.303. The van der Waals surface area contributed by atoms with E-state index in [1.54, 1.807) is 6.20 Å². The van der Waals surface area contributed by atoms with E-state index in [0.717, 1.165) is 57.4 Å². The highest BCUT2D eigenvalue weighted by atomic mass is 35.5. The molecule has 0 amide bonds. The molecule has 4 heterocycles. The number of rotatable bonds is 4. The number of hydrogen-bond acceptors (Lipinski definition) is 7. The Kier molecular flexibility index (Phi) is 4.85. The molecule has 0 radical (unpaired) electrons. The van der Waals surface area contributed by atoms with Crippen molar-refractivity contribution in [2.45, 2.75) is 12.5 Å². The Balaban J connectivity index is 1.38. The van der Waals surface area contributed by atoms with Gasteiger partial charge < -0.3 is 19.9 Å². The first-order valence-electron chi connectivity index (χ1n) is 8.57. The predicted octanol–water partition coefficient (Wildman–Crippen LogP) is 2.05. The van der Waals surface area contributed by atoms with Gasteiger partial charge in [0, 0.05) is 44.6 Å². The lowest BCUT2D eigenvalue weighted by Gasteiger charge is -2.28. The van der Waals surface area contributed by atoms with E-state index in [1.807, 2.05) is 24.4 Å². The lowest BCUT2D eigenvalue weighted by molar-refractivity contribution is 0.122. The molecule has 0 spiro atoms. The fraction of sp³-hybridized carbons (Fsp3) is 0.471. The zero-order valence-corrected chi connectivity index (χ0v) is 14.7. The van der Waals surface area contributed by atoms with Crippen LogP contribution in [0.25, 0.3) is 0 Å². The van der Waals surface area contributed by atoms with Crippen LogP contribution >= 0.6 is 11.6 Å². The first kappa shape index (κ1) is 16.4. The molecule has 2 aliphatic heterocycles. The molecule has 0 aliphatic carbocycles. The average molecular weight is 361 g/mol. The third kappa shape index (κ3) is 3.93. The lowest BCUT2D eigenvalue weighted by Crippen LogP contribution is -2.37. The third-order valence-electron chi connectivity index (χ3n) is 4.53. The number of halogens is 1. The Morgan fingerprint density at radius 3 is 2.72 bits per heavy atom. The van der Waals surface area contributed by atoms with Gasteiger partial charge in [-0.2, -0.15) is 4.98 Å². The number of anilines is 3. The Morgan fingerprint density at radius 2 is 1.92 bits per heavy atom. The lowest BCUT2D eigenvalue weighted by atomic mass is 10.3. The molecule has 7 nitrogen and oxygen atoms in total. The van der Waals surface area contributed by atoms with Gasteiger partial charge in [0.2, 0.25) is 5.95 Å². The number of hydrogen-bond donors (Lipinski definition) is 1. The monoisotopic (exact) mass is 360 g/mol. The molecule has 8 heteroatoms. The highest BCUT2D eigenvalue weighted by Crippen LogP contribution is 2.22. The first-order chi connectivity index (χ1) is 12.3. The molecular formula is C17H21ClN6O. The molecule has 4 rings (SSSR count). The van der Waals surface area contributed by atoms with Gasteiger partial charge >= 0.3 is 0 Å². The molecular weight excluding hydrogens is 340 g/mol. The van der Waals surface area contributed by atoms with Gasteiger partial charge in [0.15, 0.2) is 0 Å². The van der Waals surface area contributed by atoms with Crippen LogP contribution in [0.2, 0.25) is 5.02 Å². The van der Waals surface area contributed by atoms with Crippen LogP contribution in [0, 0.1) is 0 Å². The van der Waals surface area contributed by atoms with Gasteiger partial charge in [-0.3, -0.25) is 0 Å². The number of nitrogens with zero attached hydrogens (tertiary/aromatic N) is 5. The maximum Gasteiger partial charge on any atom is 0.224 e. The van der Waals surface area contributed by atoms with Gasteiger partial charge in [0.05, 0.1) is 18.2 Å². The third-order valence-corrected chi connectivity index (χ3v) is 4.76. The van der Waals surface area contributed by atoms with Crippen molar-refractivity contribution in [3.63, 3.8) is 0 Å². The average Bonchev–Trinajstić information content (AvgIpc) is 3.12. The fourth-order valence-electron chi connectivity index (χ4n) is 3.21. The van der Waals surface area contributed by atoms with Crippen molar-refractivity contribution >= 4 is 29.2 Å². The smallest absolute Gasteiger partial charge is 0.224 e. The molecule has 2 aromatic rings. The van der Waals surface area contributed by atoms with E-state index in [4.69, 9.17) is 16.3 Å². The quantitative estimate of drug-likeness (QED) is 0.895. The zero-order chi connectivity index (χ0) is 17.1. The number of aromatic nitrogens is 3. The molecule has 1 N–H and O–H groups in total. The molecule has 25 heavy (non-hydrogen) atoms. The van der Waals surface area contributed by atoms with E-state index in [2.05, 4.69) is 30.1 Å². The van der Waals surface area contributed by atoms with Crippen molar-refractivity contribution in [3.05, 3.63) is 35.6 Å². The summed E-state index contributed by atoms with van der Waals surface area (Å²) in [6, 6.07) is 6.09. The SMILES string of the molecule is Clc1ccc(N2CCC(Nc3nccc(N4CCOCC4)n3)C2)nc1. The van der Waals surface area contributed by atoms with Crippen LogP contribution < -0.4 is 15.1 Å². The Morgan fingerprint density at radius 1 is 1.04 bits per heavy atom. The van der Waals surface area contributed by atoms with Gasteiger partial charge in [-0.25, -0.2) is 9.97 Å². The summed E-state index contributed by atoms with van der Waals surface area (Å²) in [5.74, 6) is 2.59. The second-order valence-corrected chi connectivity index (χ2v) is 6.68. The predicted molar refractivity (Wildman–Crippen MR) is 98.6 cm³/mol. The number of ether oxygens (including phenoxy) is 1. The summed E-state index contributed by atoms with van der Waals surface area (Å²) in [4.78, 5) is 17.9. The van der Waals surface area contributed by atoms with Gasteiger partial charge in [0.1, 0.15) is 11.6 Å². The van der Waals surface area contributed by atoms with E-state index < -0.39 is 0 Å². The summed E-state index contributed by atoms with van der Waals surface area (Å²) in [6.45, 7) is 5.07. The van der Waals surface area contributed by atoms with E-state index in [0.29, 0.717) is 17.0 Å². The summed E-state index contributed by atoms with van der Waals surface area (Å²) in [5.41, 5.74) is 0. The van der Waals surface area contributed by atoms with Crippen LogP contribution in [-0.2, 0) is 4.74 Å². The molecule has 0 bridgehead atoms. The van der Waals surface area contributed by atoms with Crippen LogP contribution in [0.3, 0.4) is 0 Å². The zero-order valence-electron chi connectivity index (χ0n) is 13.9. The number of nitrogens with one attached hydrogen (secondary N) is 1. The summed E-state index contributed by atoms with van der Waals surface area (Å²) in [5, 5.41) is 4.11. The van der Waals surface area contributed by atoms with Crippen molar-refractivity contribution in [1.29, 1.82) is 0 Å². The maximum atomic E-state index is 5.91. The summed E-state index contributed by atoms with van der Waals surface area (Å²) in [6.07, 6.45) is 4.52. The first-order valence-corrected chi connectivity index (χ1v) is 8.94. The maximum absolute atomic E-state index is 5.91. The second kappa shape index (κ2) is 7.41. The van der Waals surface area contributed by atoms with Crippen LogP contribution in [0.4, 0.5) is 17.6 Å². The van der Waals surface area contributed by atoms with Crippen LogP contribution in [0.15, 0.2) is 30.6 Å². The standard InChI is InChI=1S/C17H21ClN6O/c18-13-1-2-15(20-11-13)24-6-4-14(12-24)21-17-19-5-3-16(22-17)23-7-9-25-10-8-23/h1-3,5,11,14H,4,6-10,12H2,(H,19,21,22). The topological polar surface area (TPSA) is 66.4 Å². The number of morpholine rings is 1. The molecule has 2 aromatic heterocycles. The summed E-state index contributed by atoms with van der Waals surface area (Å²) in [7, 11) is 0. The molecule has 132 valence electrons. The fourth-order valence-corrected chi connectivity index (χ4v) is 3.32. The highest BCUT2D eigenvalue weighted by Gasteiger charge is 2.24. The van der Waals surface area contributed by atoms with Crippen molar-refractivity contribution in [1.82, 2.24) is 15.0 Å². The van der Waals surface area contributed by atoms with E-state index in [9.17, 15) is 0 Å². The summed E-state index contributed by atoms with van der Waals surface area (Å²) >= 11 is 5.91. The molecule has 1 unspecified atom stereocenters. The van der Waals surface area contributed by atoms with Crippen LogP contribution in [-0.4, -0.2) is 60.4 Å². The van der Waals surface area contributed by atoms with Gasteiger partial charge in [-0.05, 0) is 24.6 Å². The Labute approximate surface area is 152 Å². The van der Waals surface area contributed by atoms with E-state index in [1.165, 1.54) is 0 Å². The van der Waals surface area contributed by atoms with Gasteiger partial charge in [-0.15, -0.1) is 0 Å². The largest absolute Gasteiger partial charge is 0.378 e. The Bertz CT molecular complexity index is 707. The van der Waals surface area contributed by atoms with Crippen LogP contribution in [0.5, 0.6) is 0 Å². The molecule has 1 atom stereocenters. The summed E-state index contributed by atoms with van der Waals surface area (Å²) < 4.78 is 5.40. The van der Waals surface area contributed by atoms with Gasteiger partial charge in [-0.1, -0.05) is 11.6 Å². The van der Waals surface area contributed by atoms with Crippen LogP contribution in [0.1, 0.15) is 6.42 Å². The molecule has 2 aliphatic rings.